The number of furan rings is 1. The van der Waals surface area contributed by atoms with Gasteiger partial charge in [-0.2, -0.15) is 0 Å². The highest BCUT2D eigenvalue weighted by atomic mass is 79.9. The minimum absolute atomic E-state index is 0. The maximum Gasteiger partial charge on any atom is 0.289 e. The first-order chi connectivity index (χ1) is 10.5. The predicted molar refractivity (Wildman–Crippen MR) is 93.8 cm³/mol. The van der Waals surface area contributed by atoms with Crippen molar-refractivity contribution in [2.75, 3.05) is 40.3 Å². The fraction of sp³-hybridized carbons (Fsp3) is 0.600. The number of amides is 2. The molecule has 0 saturated carbocycles. The van der Waals surface area contributed by atoms with Crippen molar-refractivity contribution >= 4 is 40.2 Å². The lowest BCUT2D eigenvalue weighted by Gasteiger charge is -2.33. The van der Waals surface area contributed by atoms with E-state index in [0.29, 0.717) is 10.6 Å². The van der Waals surface area contributed by atoms with Crippen LogP contribution in [0.1, 0.15) is 23.4 Å². The zero-order chi connectivity index (χ0) is 16.1. The van der Waals surface area contributed by atoms with Crippen molar-refractivity contribution < 1.29 is 14.0 Å². The van der Waals surface area contributed by atoms with Crippen LogP contribution < -0.4 is 5.32 Å². The van der Waals surface area contributed by atoms with Crippen LogP contribution in [0.2, 0.25) is 0 Å². The van der Waals surface area contributed by atoms with Gasteiger partial charge in [0, 0.05) is 20.1 Å². The molecule has 6 nitrogen and oxygen atoms in total. The van der Waals surface area contributed by atoms with Crippen molar-refractivity contribution in [2.24, 2.45) is 5.92 Å². The summed E-state index contributed by atoms with van der Waals surface area (Å²) in [6.07, 6.45) is 2.15. The zero-order valence-corrected chi connectivity index (χ0v) is 15.8. The summed E-state index contributed by atoms with van der Waals surface area (Å²) >= 11 is 3.17. The molecule has 130 valence electrons. The van der Waals surface area contributed by atoms with E-state index < -0.39 is 0 Å². The average molecular weight is 409 g/mol. The Balaban J connectivity index is 0.00000264. The van der Waals surface area contributed by atoms with Crippen molar-refractivity contribution in [1.29, 1.82) is 0 Å². The Hall–Kier alpha value is -1.05. The number of carbonyl (C=O) groups is 2. The maximum atomic E-state index is 12.4. The first-order valence-electron chi connectivity index (χ1n) is 7.44. The second-order valence-corrected chi connectivity index (χ2v) is 6.45. The third-order valence-corrected chi connectivity index (χ3v) is 4.29. The molecule has 8 heteroatoms. The predicted octanol–water partition coefficient (Wildman–Crippen LogP) is 1.99. The summed E-state index contributed by atoms with van der Waals surface area (Å²) in [6.45, 7) is 2.52. The third-order valence-electron chi connectivity index (χ3n) is 3.87. The number of rotatable bonds is 5. The largest absolute Gasteiger partial charge is 0.444 e. The van der Waals surface area contributed by atoms with Gasteiger partial charge < -0.3 is 19.5 Å². The molecule has 2 amide bonds. The SMILES string of the molecule is CNCC1CCCN(C(=O)CN(C)C(=O)c2ccc(Br)o2)C1.Cl. The minimum atomic E-state index is -0.289. The van der Waals surface area contributed by atoms with Crippen molar-refractivity contribution in [3.05, 3.63) is 22.6 Å². The highest BCUT2D eigenvalue weighted by Crippen LogP contribution is 2.17. The van der Waals surface area contributed by atoms with E-state index in [1.807, 2.05) is 11.9 Å². The average Bonchev–Trinajstić information content (AvgIpc) is 2.93. The standard InChI is InChI=1S/C15H22BrN3O3.ClH/c1-17-8-11-4-3-7-19(9-11)14(20)10-18(2)15(21)12-5-6-13(16)22-12;/h5-6,11,17H,3-4,7-10H2,1-2H3;1H. The van der Waals surface area contributed by atoms with E-state index in [1.54, 1.807) is 19.2 Å². The summed E-state index contributed by atoms with van der Waals surface area (Å²) < 4.78 is 5.74. The minimum Gasteiger partial charge on any atom is -0.444 e. The Labute approximate surface area is 151 Å². The lowest BCUT2D eigenvalue weighted by Crippen LogP contribution is -2.46. The van der Waals surface area contributed by atoms with Gasteiger partial charge in [-0.3, -0.25) is 9.59 Å². The molecule has 1 aliphatic heterocycles. The summed E-state index contributed by atoms with van der Waals surface area (Å²) in [5.41, 5.74) is 0. The van der Waals surface area contributed by atoms with Crippen LogP contribution in [0.5, 0.6) is 0 Å². The number of likely N-dealkylation sites (N-methyl/N-ethyl adjacent to an activating group) is 1. The van der Waals surface area contributed by atoms with Gasteiger partial charge in [-0.25, -0.2) is 0 Å². The van der Waals surface area contributed by atoms with Gasteiger partial charge in [-0.1, -0.05) is 0 Å². The van der Waals surface area contributed by atoms with Gasteiger partial charge in [0.2, 0.25) is 5.91 Å². The number of carbonyl (C=O) groups excluding carboxylic acids is 2. The fourth-order valence-corrected chi connectivity index (χ4v) is 3.05. The first kappa shape index (κ1) is 20.0. The molecule has 1 aromatic rings. The van der Waals surface area contributed by atoms with Crippen LogP contribution in [0.3, 0.4) is 0 Å². The van der Waals surface area contributed by atoms with Crippen LogP contribution in [-0.4, -0.2) is 61.9 Å². The van der Waals surface area contributed by atoms with Crippen LogP contribution in [0.4, 0.5) is 0 Å². The van der Waals surface area contributed by atoms with Gasteiger partial charge in [-0.05, 0) is 60.4 Å². The molecule has 2 heterocycles. The normalized spacial score (nSPS) is 17.5. The molecule has 0 aliphatic carbocycles. The summed E-state index contributed by atoms with van der Waals surface area (Å²) in [5.74, 6) is 0.420. The van der Waals surface area contributed by atoms with Crippen molar-refractivity contribution in [2.45, 2.75) is 12.8 Å². The number of piperidine rings is 1. The highest BCUT2D eigenvalue weighted by Gasteiger charge is 2.25. The van der Waals surface area contributed by atoms with Crippen LogP contribution >= 0.6 is 28.3 Å². The van der Waals surface area contributed by atoms with Gasteiger partial charge in [-0.15, -0.1) is 12.4 Å². The number of hydrogen-bond acceptors (Lipinski definition) is 4. The second kappa shape index (κ2) is 9.30. The lowest BCUT2D eigenvalue weighted by atomic mass is 9.98. The molecule has 1 aliphatic rings. The lowest BCUT2D eigenvalue weighted by molar-refractivity contribution is -0.133. The fourth-order valence-electron chi connectivity index (χ4n) is 2.74. The van der Waals surface area contributed by atoms with Crippen molar-refractivity contribution in [3.8, 4) is 0 Å². The summed E-state index contributed by atoms with van der Waals surface area (Å²) in [7, 11) is 3.54. The van der Waals surface area contributed by atoms with E-state index in [1.165, 1.54) is 4.90 Å². The van der Waals surface area contributed by atoms with E-state index in [4.69, 9.17) is 4.42 Å². The molecule has 1 N–H and O–H groups in total. The molecule has 1 unspecified atom stereocenters. The van der Waals surface area contributed by atoms with E-state index >= 15 is 0 Å². The molecule has 1 atom stereocenters. The molecule has 1 aromatic heterocycles. The maximum absolute atomic E-state index is 12.4. The van der Waals surface area contributed by atoms with Crippen molar-refractivity contribution in [1.82, 2.24) is 15.1 Å². The Kier molecular flexibility index (Phi) is 8.08. The number of likely N-dealkylation sites (tertiary alicyclic amines) is 1. The second-order valence-electron chi connectivity index (χ2n) is 5.67. The zero-order valence-electron chi connectivity index (χ0n) is 13.4. The van der Waals surface area contributed by atoms with Crippen LogP contribution in [0.15, 0.2) is 21.2 Å². The number of hydrogen-bond donors (Lipinski definition) is 1. The Morgan fingerprint density at radius 3 is 2.83 bits per heavy atom. The van der Waals surface area contributed by atoms with Gasteiger partial charge in [0.25, 0.3) is 5.91 Å². The molecule has 0 spiro atoms. The smallest absolute Gasteiger partial charge is 0.289 e. The monoisotopic (exact) mass is 407 g/mol. The van der Waals surface area contributed by atoms with Crippen molar-refractivity contribution in [3.63, 3.8) is 0 Å². The molecule has 23 heavy (non-hydrogen) atoms. The van der Waals surface area contributed by atoms with Crippen LogP contribution in [0.25, 0.3) is 0 Å². The number of halogens is 2. The van der Waals surface area contributed by atoms with Crippen LogP contribution in [-0.2, 0) is 4.79 Å². The van der Waals surface area contributed by atoms with Gasteiger partial charge in [0.1, 0.15) is 0 Å². The molecule has 2 rings (SSSR count). The molecule has 0 radical (unpaired) electrons. The molecule has 0 bridgehead atoms. The summed E-state index contributed by atoms with van der Waals surface area (Å²) in [6, 6.07) is 3.26. The number of nitrogens with zero attached hydrogens (tertiary/aromatic N) is 2. The highest BCUT2D eigenvalue weighted by molar-refractivity contribution is 9.10. The molecular formula is C15H23BrClN3O3. The van der Waals surface area contributed by atoms with E-state index in [9.17, 15) is 9.59 Å². The number of nitrogens with one attached hydrogen (secondary N) is 1. The van der Waals surface area contributed by atoms with E-state index in [-0.39, 0.29) is 36.5 Å². The summed E-state index contributed by atoms with van der Waals surface area (Å²) in [5, 5.41) is 3.16. The Morgan fingerprint density at radius 2 is 2.22 bits per heavy atom. The topological polar surface area (TPSA) is 65.8 Å². The first-order valence-corrected chi connectivity index (χ1v) is 8.23. The quantitative estimate of drug-likeness (QED) is 0.809. The Bertz CT molecular complexity index is 536. The third kappa shape index (κ3) is 5.51. The van der Waals surface area contributed by atoms with E-state index in [2.05, 4.69) is 21.2 Å². The molecule has 1 saturated heterocycles. The van der Waals surface area contributed by atoms with Gasteiger partial charge >= 0.3 is 0 Å². The van der Waals surface area contributed by atoms with E-state index in [0.717, 1.165) is 32.5 Å². The van der Waals surface area contributed by atoms with Gasteiger partial charge in [0.15, 0.2) is 10.4 Å². The molecular weight excluding hydrogens is 386 g/mol. The van der Waals surface area contributed by atoms with Crippen LogP contribution in [0, 0.1) is 5.92 Å². The summed E-state index contributed by atoms with van der Waals surface area (Å²) in [4.78, 5) is 27.8. The molecule has 1 fully saturated rings. The van der Waals surface area contributed by atoms with Gasteiger partial charge in [0.05, 0.1) is 6.54 Å². The Morgan fingerprint density at radius 1 is 1.48 bits per heavy atom. The molecule has 0 aromatic carbocycles.